The molecule has 0 aromatic carbocycles. The van der Waals surface area contributed by atoms with Crippen molar-refractivity contribution in [1.29, 1.82) is 0 Å². The molecular formula is H6F5O3V-5. The smallest absolute Gasteiger partial charge is 0 e. The van der Waals surface area contributed by atoms with Gasteiger partial charge >= 0.3 is 0 Å². The van der Waals surface area contributed by atoms with E-state index < -0.39 is 0 Å². The fraction of sp³-hybridized carbons (Fsp3) is 0. The molecule has 0 aliphatic rings. The summed E-state index contributed by atoms with van der Waals surface area (Å²) >= 11 is 0. The Labute approximate surface area is 59.5 Å². The van der Waals surface area contributed by atoms with Crippen LogP contribution in [0.15, 0.2) is 0 Å². The van der Waals surface area contributed by atoms with E-state index in [9.17, 15) is 0 Å². The van der Waals surface area contributed by atoms with Crippen molar-refractivity contribution >= 4 is 0 Å². The maximum atomic E-state index is 0. The summed E-state index contributed by atoms with van der Waals surface area (Å²) in [5.74, 6) is 0. The molecular weight excluding hydrogens is 194 g/mol. The Hall–Kier alpha value is 0.114. The van der Waals surface area contributed by atoms with E-state index in [0.29, 0.717) is 0 Å². The van der Waals surface area contributed by atoms with Gasteiger partial charge in [-0.2, -0.15) is 0 Å². The standard InChI is InChI=1S/5FH.3H2O.V/h5*1H;3*1H2;/p-5. The third-order valence-electron chi connectivity index (χ3n) is 0. The Morgan fingerprint density at radius 2 is 0.333 bits per heavy atom. The van der Waals surface area contributed by atoms with Gasteiger partial charge in [-0.25, -0.2) is 0 Å². The van der Waals surface area contributed by atoms with E-state index in [1.54, 1.807) is 0 Å². The summed E-state index contributed by atoms with van der Waals surface area (Å²) in [6.07, 6.45) is 0. The van der Waals surface area contributed by atoms with Gasteiger partial charge in [-0.05, 0) is 0 Å². The van der Waals surface area contributed by atoms with Crippen LogP contribution in [0, 0.1) is 0 Å². The number of hydrogen-bond acceptors (Lipinski definition) is 0. The molecule has 0 aliphatic carbocycles. The van der Waals surface area contributed by atoms with Gasteiger partial charge < -0.3 is 40.0 Å². The van der Waals surface area contributed by atoms with Crippen LogP contribution < -0.4 is 23.5 Å². The third-order valence-corrected chi connectivity index (χ3v) is 0. The second kappa shape index (κ2) is 31400. The fourth-order valence-electron chi connectivity index (χ4n) is 0. The van der Waals surface area contributed by atoms with Crippen LogP contribution in [0.4, 0.5) is 0 Å². The van der Waals surface area contributed by atoms with Crippen LogP contribution in [0.25, 0.3) is 0 Å². The van der Waals surface area contributed by atoms with Crippen molar-refractivity contribution in [3.63, 3.8) is 0 Å². The monoisotopic (exact) mass is 200 g/mol. The molecule has 6 N–H and O–H groups in total. The van der Waals surface area contributed by atoms with E-state index in [4.69, 9.17) is 0 Å². The molecule has 0 heterocycles. The largest absolute Gasteiger partial charge is 1.00 e. The van der Waals surface area contributed by atoms with Crippen LogP contribution in [-0.4, -0.2) is 16.4 Å². The van der Waals surface area contributed by atoms with Crippen molar-refractivity contribution in [3.8, 4) is 0 Å². The summed E-state index contributed by atoms with van der Waals surface area (Å²) in [4.78, 5) is 0. The summed E-state index contributed by atoms with van der Waals surface area (Å²) in [7, 11) is 0. The molecule has 0 rings (SSSR count). The molecule has 9 heavy (non-hydrogen) atoms. The minimum Gasteiger partial charge on any atom is -1.00 e. The molecule has 0 amide bonds. The molecule has 0 bridgehead atoms. The molecule has 0 atom stereocenters. The fourth-order valence-corrected chi connectivity index (χ4v) is 0. The molecule has 0 aromatic heterocycles. The van der Waals surface area contributed by atoms with Crippen molar-refractivity contribution in [3.05, 3.63) is 0 Å². The Bertz CT molecular complexity index is 12.2. The summed E-state index contributed by atoms with van der Waals surface area (Å²) in [6.45, 7) is 0. The molecule has 0 spiro atoms. The van der Waals surface area contributed by atoms with E-state index in [-0.39, 0.29) is 58.5 Å². The molecule has 69 valence electrons. The van der Waals surface area contributed by atoms with E-state index >= 15 is 0 Å². The zero-order valence-electron chi connectivity index (χ0n) is 3.84. The van der Waals surface area contributed by atoms with Crippen LogP contribution in [-0.2, 0) is 18.6 Å². The molecule has 0 fully saturated rings. The molecule has 9 heteroatoms. The average molecular weight is 200 g/mol. The number of hydrogen-bond donors (Lipinski definition) is 0. The normalized spacial score (nSPS) is 0. The molecule has 1 radical (unpaired) electrons. The second-order valence-corrected chi connectivity index (χ2v) is 0. The van der Waals surface area contributed by atoms with Gasteiger partial charge in [0.2, 0.25) is 0 Å². The van der Waals surface area contributed by atoms with Crippen LogP contribution in [0.3, 0.4) is 0 Å². The first-order valence-corrected chi connectivity index (χ1v) is 0. The minimum absolute atomic E-state index is 0. The third kappa shape index (κ3) is 23200. The Balaban J connectivity index is 0. The summed E-state index contributed by atoms with van der Waals surface area (Å²) in [5, 5.41) is 0. The predicted octanol–water partition coefficient (Wildman–Crippen LogP) is -17.5. The van der Waals surface area contributed by atoms with E-state index in [0.717, 1.165) is 0 Å². The van der Waals surface area contributed by atoms with Crippen LogP contribution >= 0.6 is 0 Å². The summed E-state index contributed by atoms with van der Waals surface area (Å²) in [6, 6.07) is 0. The Kier molecular flexibility index (Phi) is 160000000. The first-order chi connectivity index (χ1) is 0. The molecule has 0 aromatic rings. The van der Waals surface area contributed by atoms with Crippen molar-refractivity contribution in [2.75, 3.05) is 0 Å². The van der Waals surface area contributed by atoms with E-state index in [1.807, 2.05) is 0 Å². The van der Waals surface area contributed by atoms with Crippen LogP contribution in [0.1, 0.15) is 0 Å². The summed E-state index contributed by atoms with van der Waals surface area (Å²) < 4.78 is 0. The van der Waals surface area contributed by atoms with Gasteiger partial charge in [-0.3, -0.25) is 0 Å². The second-order valence-electron chi connectivity index (χ2n) is 0. The predicted molar refractivity (Wildman–Crippen MR) is 10.8 cm³/mol. The van der Waals surface area contributed by atoms with Gasteiger partial charge in [0.05, 0.1) is 0 Å². The summed E-state index contributed by atoms with van der Waals surface area (Å²) in [5.41, 5.74) is 0. The van der Waals surface area contributed by atoms with Gasteiger partial charge in [-0.1, -0.05) is 0 Å². The van der Waals surface area contributed by atoms with Gasteiger partial charge in [0.15, 0.2) is 0 Å². The minimum atomic E-state index is 0. The molecule has 3 nitrogen and oxygen atoms in total. The van der Waals surface area contributed by atoms with Gasteiger partial charge in [-0.15, -0.1) is 0 Å². The SMILES string of the molecule is O.O.O.[F-].[F-].[F-].[F-].[F-].[V]. The van der Waals surface area contributed by atoms with Crippen molar-refractivity contribution in [2.24, 2.45) is 0 Å². The van der Waals surface area contributed by atoms with Gasteiger partial charge in [0.25, 0.3) is 0 Å². The zero-order chi connectivity index (χ0) is 0. The molecule has 0 saturated heterocycles. The Morgan fingerprint density at radius 1 is 0.333 bits per heavy atom. The Morgan fingerprint density at radius 3 is 0.333 bits per heavy atom. The number of halogens is 5. The molecule has 0 unspecified atom stereocenters. The van der Waals surface area contributed by atoms with Crippen LogP contribution in [0.2, 0.25) is 0 Å². The molecule has 0 saturated carbocycles. The van der Waals surface area contributed by atoms with Gasteiger partial charge in [0, 0.05) is 18.6 Å². The van der Waals surface area contributed by atoms with Crippen LogP contribution in [0.5, 0.6) is 0 Å². The zero-order valence-corrected chi connectivity index (χ0v) is 5.23. The van der Waals surface area contributed by atoms with Crippen molar-refractivity contribution in [2.45, 2.75) is 0 Å². The van der Waals surface area contributed by atoms with Crippen molar-refractivity contribution < 1.29 is 58.5 Å². The molecule has 0 aliphatic heterocycles. The first-order valence-electron chi connectivity index (χ1n) is 0. The topological polar surface area (TPSA) is 94.5 Å². The quantitative estimate of drug-likeness (QED) is 0.347. The number of rotatable bonds is 0. The maximum absolute atomic E-state index is 0. The van der Waals surface area contributed by atoms with E-state index in [1.165, 1.54) is 0 Å². The van der Waals surface area contributed by atoms with Gasteiger partial charge in [0.1, 0.15) is 0 Å². The average Bonchev–Trinajstić information content (AvgIpc) is 0. The first kappa shape index (κ1) is 45800. The van der Waals surface area contributed by atoms with Crippen molar-refractivity contribution in [1.82, 2.24) is 0 Å². The van der Waals surface area contributed by atoms with E-state index in [2.05, 4.69) is 0 Å². The maximum Gasteiger partial charge on any atom is 0 e.